The molecule has 2 N–H and O–H groups in total. The third kappa shape index (κ3) is 7.90. The van der Waals surface area contributed by atoms with Crippen LogP contribution in [0.25, 0.3) is 0 Å². The summed E-state index contributed by atoms with van der Waals surface area (Å²) in [6.07, 6.45) is 5.65. The number of esters is 1. The van der Waals surface area contributed by atoms with E-state index in [0.717, 1.165) is 58.4 Å². The van der Waals surface area contributed by atoms with Crippen molar-refractivity contribution in [2.24, 2.45) is 11.8 Å². The van der Waals surface area contributed by atoms with Gasteiger partial charge in [-0.05, 0) is 82.9 Å². The Balaban J connectivity index is 1.19. The monoisotopic (exact) mass is 516 g/mol. The van der Waals surface area contributed by atoms with Crippen LogP contribution >= 0.6 is 0 Å². The topological polar surface area (TPSA) is 91.0 Å². The van der Waals surface area contributed by atoms with E-state index in [0.29, 0.717) is 36.1 Å². The minimum atomic E-state index is -0.529. The number of benzene rings is 1. The molecule has 1 aliphatic carbocycles. The molecule has 3 fully saturated rings. The molecule has 0 aromatic heterocycles. The first-order valence-electron chi connectivity index (χ1n) is 13.6. The fourth-order valence-corrected chi connectivity index (χ4v) is 5.66. The number of piperidine rings is 1. The van der Waals surface area contributed by atoms with Crippen LogP contribution < -0.4 is 15.5 Å². The number of imide groups is 1. The molecule has 1 aromatic carbocycles. The van der Waals surface area contributed by atoms with Gasteiger partial charge >= 0.3 is 5.97 Å². The molecule has 0 radical (unpaired) electrons. The van der Waals surface area contributed by atoms with Crippen LogP contribution in [-0.4, -0.2) is 67.1 Å². The molecule has 3 aliphatic rings. The molecule has 2 amide bonds. The van der Waals surface area contributed by atoms with Crippen LogP contribution in [0.4, 0.5) is 15.8 Å². The van der Waals surface area contributed by atoms with Gasteiger partial charge in [0.1, 0.15) is 17.5 Å². The summed E-state index contributed by atoms with van der Waals surface area (Å²) in [4.78, 5) is 40.0. The first-order valence-corrected chi connectivity index (χ1v) is 13.6. The number of nitrogens with one attached hydrogen (secondary N) is 2. The van der Waals surface area contributed by atoms with E-state index in [1.165, 1.54) is 6.07 Å². The normalized spacial score (nSPS) is 25.5. The number of carbonyl (C=O) groups excluding carboxylic acids is 3. The molecule has 204 valence electrons. The summed E-state index contributed by atoms with van der Waals surface area (Å²) in [6.45, 7) is 10.1. The van der Waals surface area contributed by atoms with Crippen molar-refractivity contribution >= 4 is 29.2 Å². The molecule has 37 heavy (non-hydrogen) atoms. The zero-order valence-corrected chi connectivity index (χ0v) is 22.4. The minimum Gasteiger partial charge on any atom is -0.460 e. The zero-order valence-electron chi connectivity index (χ0n) is 22.4. The van der Waals surface area contributed by atoms with Gasteiger partial charge in [-0.25, -0.2) is 4.39 Å². The summed E-state index contributed by atoms with van der Waals surface area (Å²) < 4.78 is 20.4. The second-order valence-corrected chi connectivity index (χ2v) is 11.8. The second kappa shape index (κ2) is 11.8. The average molecular weight is 517 g/mol. The van der Waals surface area contributed by atoms with Gasteiger partial charge in [0.05, 0.1) is 5.69 Å². The number of carbonyl (C=O) groups is 3. The van der Waals surface area contributed by atoms with E-state index in [4.69, 9.17) is 4.74 Å². The predicted octanol–water partition coefficient (Wildman–Crippen LogP) is 3.70. The van der Waals surface area contributed by atoms with Gasteiger partial charge in [-0.2, -0.15) is 0 Å². The van der Waals surface area contributed by atoms with E-state index >= 15 is 0 Å². The molecule has 2 heterocycles. The number of hydrogen-bond donors (Lipinski definition) is 2. The molecule has 9 heteroatoms. The second-order valence-electron chi connectivity index (χ2n) is 11.8. The van der Waals surface area contributed by atoms with E-state index in [9.17, 15) is 18.8 Å². The van der Waals surface area contributed by atoms with Crippen LogP contribution in [0.2, 0.25) is 0 Å². The van der Waals surface area contributed by atoms with E-state index in [1.54, 1.807) is 12.1 Å². The Morgan fingerprint density at radius 2 is 1.73 bits per heavy atom. The molecule has 2 saturated heterocycles. The fourth-order valence-electron chi connectivity index (χ4n) is 5.66. The molecular formula is C28H41FN4O4. The fraction of sp³-hybridized carbons (Fsp3) is 0.679. The Morgan fingerprint density at radius 3 is 2.35 bits per heavy atom. The van der Waals surface area contributed by atoms with Crippen molar-refractivity contribution in [3.05, 3.63) is 24.0 Å². The highest BCUT2D eigenvalue weighted by Gasteiger charge is 2.29. The van der Waals surface area contributed by atoms with Crippen LogP contribution in [0.5, 0.6) is 0 Å². The van der Waals surface area contributed by atoms with Gasteiger partial charge in [-0.15, -0.1) is 0 Å². The smallest absolute Gasteiger partial charge is 0.306 e. The van der Waals surface area contributed by atoms with Crippen molar-refractivity contribution in [1.29, 1.82) is 0 Å². The maximum Gasteiger partial charge on any atom is 0.306 e. The first-order chi connectivity index (χ1) is 17.6. The van der Waals surface area contributed by atoms with Crippen molar-refractivity contribution in [1.82, 2.24) is 10.2 Å². The average Bonchev–Trinajstić information content (AvgIpc) is 2.82. The maximum atomic E-state index is 15.0. The van der Waals surface area contributed by atoms with Crippen LogP contribution in [0, 0.1) is 17.7 Å². The van der Waals surface area contributed by atoms with Crippen molar-refractivity contribution in [2.45, 2.75) is 77.4 Å². The van der Waals surface area contributed by atoms with E-state index in [2.05, 4.69) is 20.4 Å². The van der Waals surface area contributed by atoms with E-state index in [1.807, 2.05) is 20.8 Å². The molecule has 0 spiro atoms. The van der Waals surface area contributed by atoms with Crippen molar-refractivity contribution in [2.75, 3.05) is 42.9 Å². The van der Waals surface area contributed by atoms with Gasteiger partial charge in [0, 0.05) is 51.3 Å². The highest BCUT2D eigenvalue weighted by molar-refractivity contribution is 6.01. The lowest BCUT2D eigenvalue weighted by molar-refractivity contribution is -0.156. The molecule has 1 aromatic rings. The van der Waals surface area contributed by atoms with E-state index < -0.39 is 11.6 Å². The number of anilines is 2. The van der Waals surface area contributed by atoms with Gasteiger partial charge in [0.15, 0.2) is 0 Å². The summed E-state index contributed by atoms with van der Waals surface area (Å²) in [5.74, 6) is 0.0466. The minimum absolute atomic E-state index is 0.0842. The molecular weight excluding hydrogens is 475 g/mol. The zero-order chi connectivity index (χ0) is 26.6. The third-order valence-electron chi connectivity index (χ3n) is 7.60. The number of halogens is 1. The van der Waals surface area contributed by atoms with Crippen LogP contribution in [0.1, 0.15) is 65.7 Å². The summed E-state index contributed by atoms with van der Waals surface area (Å²) in [7, 11) is 0. The lowest BCUT2D eigenvalue weighted by Gasteiger charge is -2.39. The summed E-state index contributed by atoms with van der Waals surface area (Å²) in [5, 5.41) is 5.35. The third-order valence-corrected chi connectivity index (χ3v) is 7.60. The Hall–Kier alpha value is -2.68. The molecule has 4 rings (SSSR count). The number of rotatable bonds is 7. The quantitative estimate of drug-likeness (QED) is 0.422. The summed E-state index contributed by atoms with van der Waals surface area (Å²) >= 11 is 0. The Labute approximate surface area is 219 Å². The predicted molar refractivity (Wildman–Crippen MR) is 141 cm³/mol. The lowest BCUT2D eigenvalue weighted by Crippen LogP contribution is -2.48. The Bertz CT molecular complexity index is 979. The van der Waals surface area contributed by atoms with Gasteiger partial charge in [0.25, 0.3) is 0 Å². The number of nitrogens with zero attached hydrogens (tertiary/aromatic N) is 2. The number of ether oxygens (including phenoxy) is 1. The Kier molecular flexibility index (Phi) is 8.72. The van der Waals surface area contributed by atoms with Crippen molar-refractivity contribution in [3.63, 3.8) is 0 Å². The van der Waals surface area contributed by atoms with Crippen LogP contribution in [0.3, 0.4) is 0 Å². The van der Waals surface area contributed by atoms with Gasteiger partial charge in [-0.1, -0.05) is 0 Å². The van der Waals surface area contributed by atoms with Gasteiger partial charge in [-0.3, -0.25) is 24.6 Å². The molecule has 1 saturated carbocycles. The highest BCUT2D eigenvalue weighted by Crippen LogP contribution is 2.32. The molecule has 2 aliphatic heterocycles. The number of hydrogen-bond acceptors (Lipinski definition) is 7. The largest absolute Gasteiger partial charge is 0.460 e. The SMILES string of the molecule is CC(C)(C)OC(=O)C[C@H]1CC[C@H](CN2CCN(c3ccc(NC4CCC(=O)NC4=O)cc3F)CC2)CC1. The molecule has 0 bridgehead atoms. The molecule has 8 nitrogen and oxygen atoms in total. The van der Waals surface area contributed by atoms with Crippen molar-refractivity contribution in [3.8, 4) is 0 Å². The number of amides is 2. The van der Waals surface area contributed by atoms with Crippen LogP contribution in [0.15, 0.2) is 18.2 Å². The summed E-state index contributed by atoms with van der Waals surface area (Å²) in [6, 6.07) is 4.47. The van der Waals surface area contributed by atoms with Crippen molar-refractivity contribution < 1.29 is 23.5 Å². The highest BCUT2D eigenvalue weighted by atomic mass is 19.1. The molecule has 1 unspecified atom stereocenters. The standard InChI is InChI=1S/C28H41FN4O4/c1-28(2,3)37-26(35)16-19-4-6-20(7-5-19)18-32-12-14-33(15-13-32)24-10-8-21(17-22(24)29)30-23-9-11-25(34)31-27(23)36/h8,10,17,19-20,23,30H,4-7,9,11-16,18H2,1-3H3,(H,31,34,36)/t19-,20-,23?. The van der Waals surface area contributed by atoms with Crippen LogP contribution in [-0.2, 0) is 19.1 Å². The Morgan fingerprint density at radius 1 is 1.05 bits per heavy atom. The summed E-state index contributed by atoms with van der Waals surface area (Å²) in [5.41, 5.74) is 0.696. The molecule has 1 atom stereocenters. The van der Waals surface area contributed by atoms with Gasteiger partial charge in [0.2, 0.25) is 11.8 Å². The first kappa shape index (κ1) is 27.4. The lowest BCUT2D eigenvalue weighted by atomic mass is 9.80. The maximum absolute atomic E-state index is 15.0. The van der Waals surface area contributed by atoms with E-state index in [-0.39, 0.29) is 30.0 Å². The van der Waals surface area contributed by atoms with Gasteiger partial charge < -0.3 is 15.0 Å². The number of piperazine rings is 1.